The van der Waals surface area contributed by atoms with Gasteiger partial charge in [0, 0.05) is 32.9 Å². The van der Waals surface area contributed by atoms with Crippen molar-refractivity contribution in [3.8, 4) is 16.9 Å². The van der Waals surface area contributed by atoms with E-state index in [1.807, 2.05) is 47.4 Å². The maximum Gasteiger partial charge on any atom is 0.260 e. The van der Waals surface area contributed by atoms with Gasteiger partial charge < -0.3 is 15.0 Å². The number of hydrogen-bond donors (Lipinski definition) is 1. The Morgan fingerprint density at radius 3 is 2.55 bits per heavy atom. The average Bonchev–Trinajstić information content (AvgIpc) is 3.29. The van der Waals surface area contributed by atoms with Crippen molar-refractivity contribution in [1.82, 2.24) is 20.0 Å². The number of aromatic nitrogens is 2. The van der Waals surface area contributed by atoms with Crippen molar-refractivity contribution < 1.29 is 14.3 Å². The van der Waals surface area contributed by atoms with E-state index in [0.29, 0.717) is 41.9 Å². The van der Waals surface area contributed by atoms with Crippen LogP contribution in [0.25, 0.3) is 11.1 Å². The summed E-state index contributed by atoms with van der Waals surface area (Å²) < 4.78 is 7.31. The normalized spacial score (nSPS) is 14.2. The van der Waals surface area contributed by atoms with Gasteiger partial charge in [-0.25, -0.2) is 0 Å². The first-order chi connectivity index (χ1) is 16.0. The van der Waals surface area contributed by atoms with E-state index < -0.39 is 0 Å². The van der Waals surface area contributed by atoms with Gasteiger partial charge in [0.2, 0.25) is 0 Å². The Balaban J connectivity index is 1.21. The van der Waals surface area contributed by atoms with Gasteiger partial charge in [-0.2, -0.15) is 5.10 Å². The predicted molar refractivity (Wildman–Crippen MR) is 127 cm³/mol. The van der Waals surface area contributed by atoms with E-state index in [4.69, 9.17) is 16.3 Å². The molecule has 0 bridgehead atoms. The predicted octanol–water partition coefficient (Wildman–Crippen LogP) is 3.79. The number of piperidine rings is 1. The van der Waals surface area contributed by atoms with E-state index >= 15 is 0 Å². The summed E-state index contributed by atoms with van der Waals surface area (Å²) in [7, 11) is 1.78. The second-order valence-electron chi connectivity index (χ2n) is 8.24. The van der Waals surface area contributed by atoms with Crippen molar-refractivity contribution in [2.45, 2.75) is 12.8 Å². The van der Waals surface area contributed by atoms with Crippen LogP contribution in [0.1, 0.15) is 23.2 Å². The Kier molecular flexibility index (Phi) is 7.29. The van der Waals surface area contributed by atoms with Gasteiger partial charge in [0.1, 0.15) is 5.75 Å². The first kappa shape index (κ1) is 22.9. The molecular weight excluding hydrogens is 440 g/mol. The Labute approximate surface area is 198 Å². The standard InChI is InChI=1S/C25H27ClN4O3/c1-29-16-21(15-28-29)25(32)27-14-18-9-11-30(12-10-18)24(31)17-33-23-8-7-20(13-22(23)26)19-5-3-2-4-6-19/h2-8,13,15-16,18H,9-12,14,17H2,1H3,(H,27,32). The molecule has 1 aromatic heterocycles. The molecule has 172 valence electrons. The minimum atomic E-state index is -0.120. The fraction of sp³-hybridized carbons (Fsp3) is 0.320. The van der Waals surface area contributed by atoms with Gasteiger partial charge in [-0.15, -0.1) is 0 Å². The highest BCUT2D eigenvalue weighted by Gasteiger charge is 2.24. The van der Waals surface area contributed by atoms with E-state index in [1.165, 1.54) is 0 Å². The summed E-state index contributed by atoms with van der Waals surface area (Å²) in [6, 6.07) is 15.5. The Hall–Kier alpha value is -3.32. The molecule has 2 aromatic carbocycles. The second kappa shape index (κ2) is 10.5. The molecule has 0 unspecified atom stereocenters. The lowest BCUT2D eigenvalue weighted by molar-refractivity contribution is -0.134. The van der Waals surface area contributed by atoms with E-state index in [0.717, 1.165) is 24.0 Å². The molecule has 1 N–H and O–H groups in total. The zero-order valence-corrected chi connectivity index (χ0v) is 19.3. The van der Waals surface area contributed by atoms with Crippen molar-refractivity contribution in [1.29, 1.82) is 0 Å². The van der Waals surface area contributed by atoms with Gasteiger partial charge in [0.25, 0.3) is 11.8 Å². The van der Waals surface area contributed by atoms with Gasteiger partial charge in [-0.05, 0) is 42.0 Å². The number of halogens is 1. The van der Waals surface area contributed by atoms with E-state index in [1.54, 1.807) is 30.2 Å². The van der Waals surface area contributed by atoms with Gasteiger partial charge in [-0.1, -0.05) is 48.0 Å². The van der Waals surface area contributed by atoms with Crippen LogP contribution < -0.4 is 10.1 Å². The Bertz CT molecular complexity index is 1110. The van der Waals surface area contributed by atoms with Gasteiger partial charge >= 0.3 is 0 Å². The number of carbonyl (C=O) groups is 2. The number of benzene rings is 2. The number of likely N-dealkylation sites (tertiary alicyclic amines) is 1. The number of ether oxygens (including phenoxy) is 1. The molecule has 8 heteroatoms. The monoisotopic (exact) mass is 466 g/mol. The largest absolute Gasteiger partial charge is 0.482 e. The van der Waals surface area contributed by atoms with Gasteiger partial charge in [-0.3, -0.25) is 14.3 Å². The summed E-state index contributed by atoms with van der Waals surface area (Å²) in [6.45, 7) is 1.84. The van der Waals surface area contributed by atoms with Crippen molar-refractivity contribution in [3.05, 3.63) is 71.5 Å². The molecule has 1 aliphatic rings. The molecule has 0 spiro atoms. The maximum absolute atomic E-state index is 12.6. The second-order valence-corrected chi connectivity index (χ2v) is 8.64. The number of carbonyl (C=O) groups excluding carboxylic acids is 2. The van der Waals surface area contributed by atoms with Crippen LogP contribution in [0.4, 0.5) is 0 Å². The molecule has 1 fully saturated rings. The average molecular weight is 467 g/mol. The fourth-order valence-electron chi connectivity index (χ4n) is 3.92. The smallest absolute Gasteiger partial charge is 0.260 e. The van der Waals surface area contributed by atoms with Crippen LogP contribution >= 0.6 is 11.6 Å². The summed E-state index contributed by atoms with van der Waals surface area (Å²) in [5.41, 5.74) is 2.62. The van der Waals surface area contributed by atoms with E-state index in [2.05, 4.69) is 10.4 Å². The summed E-state index contributed by atoms with van der Waals surface area (Å²) in [5.74, 6) is 0.662. The highest BCUT2D eigenvalue weighted by atomic mass is 35.5. The number of nitrogens with one attached hydrogen (secondary N) is 1. The molecule has 0 saturated carbocycles. The van der Waals surface area contributed by atoms with Crippen LogP contribution in [0.15, 0.2) is 60.9 Å². The Morgan fingerprint density at radius 1 is 1.12 bits per heavy atom. The zero-order chi connectivity index (χ0) is 23.2. The number of aryl methyl sites for hydroxylation is 1. The number of hydrogen-bond acceptors (Lipinski definition) is 4. The summed E-state index contributed by atoms with van der Waals surface area (Å²) >= 11 is 6.38. The lowest BCUT2D eigenvalue weighted by Crippen LogP contribution is -2.43. The lowest BCUT2D eigenvalue weighted by atomic mass is 9.96. The quantitative estimate of drug-likeness (QED) is 0.574. The zero-order valence-electron chi connectivity index (χ0n) is 18.5. The molecule has 0 atom stereocenters. The number of nitrogens with zero attached hydrogens (tertiary/aromatic N) is 3. The third kappa shape index (κ3) is 5.93. The topological polar surface area (TPSA) is 76.5 Å². The van der Waals surface area contributed by atoms with E-state index in [-0.39, 0.29) is 18.4 Å². The first-order valence-electron chi connectivity index (χ1n) is 11.0. The molecule has 7 nitrogen and oxygen atoms in total. The fourth-order valence-corrected chi connectivity index (χ4v) is 4.16. The van der Waals surface area contributed by atoms with Crippen LogP contribution in [0, 0.1) is 5.92 Å². The first-order valence-corrected chi connectivity index (χ1v) is 11.4. The molecular formula is C25H27ClN4O3. The van der Waals surface area contributed by atoms with Gasteiger partial charge in [0.05, 0.1) is 16.8 Å². The summed E-state index contributed by atoms with van der Waals surface area (Å²) in [4.78, 5) is 26.6. The third-order valence-corrected chi connectivity index (χ3v) is 6.17. The summed E-state index contributed by atoms with van der Waals surface area (Å²) in [6.07, 6.45) is 4.92. The molecule has 1 saturated heterocycles. The van der Waals surface area contributed by atoms with Gasteiger partial charge in [0.15, 0.2) is 6.61 Å². The number of amides is 2. The highest BCUT2D eigenvalue weighted by Crippen LogP contribution is 2.30. The van der Waals surface area contributed by atoms with Crippen LogP contribution in [0.2, 0.25) is 5.02 Å². The molecule has 33 heavy (non-hydrogen) atoms. The Morgan fingerprint density at radius 2 is 1.88 bits per heavy atom. The van der Waals surface area contributed by atoms with Crippen LogP contribution in [0.3, 0.4) is 0 Å². The molecule has 3 aromatic rings. The SMILES string of the molecule is Cn1cc(C(=O)NCC2CCN(C(=O)COc3ccc(-c4ccccc4)cc3Cl)CC2)cn1. The number of rotatable bonds is 7. The molecule has 2 heterocycles. The molecule has 0 aliphatic carbocycles. The molecule has 0 radical (unpaired) electrons. The lowest BCUT2D eigenvalue weighted by Gasteiger charge is -2.32. The van der Waals surface area contributed by atoms with Crippen LogP contribution in [0.5, 0.6) is 5.75 Å². The van der Waals surface area contributed by atoms with Crippen LogP contribution in [-0.2, 0) is 11.8 Å². The third-order valence-electron chi connectivity index (χ3n) is 5.88. The van der Waals surface area contributed by atoms with Crippen molar-refractivity contribution in [2.24, 2.45) is 13.0 Å². The summed E-state index contributed by atoms with van der Waals surface area (Å²) in [5, 5.41) is 7.46. The minimum absolute atomic E-state index is 0.0488. The van der Waals surface area contributed by atoms with Crippen molar-refractivity contribution in [3.63, 3.8) is 0 Å². The minimum Gasteiger partial charge on any atom is -0.482 e. The van der Waals surface area contributed by atoms with Crippen LogP contribution in [-0.4, -0.2) is 52.7 Å². The maximum atomic E-state index is 12.6. The highest BCUT2D eigenvalue weighted by molar-refractivity contribution is 6.32. The van der Waals surface area contributed by atoms with Crippen molar-refractivity contribution in [2.75, 3.05) is 26.2 Å². The molecule has 2 amide bonds. The van der Waals surface area contributed by atoms with Crippen molar-refractivity contribution >= 4 is 23.4 Å². The van der Waals surface area contributed by atoms with E-state index in [9.17, 15) is 9.59 Å². The molecule has 1 aliphatic heterocycles. The molecule has 4 rings (SSSR count).